The first-order valence-corrected chi connectivity index (χ1v) is 7.44. The van der Waals surface area contributed by atoms with Crippen LogP contribution in [0.25, 0.3) is 0 Å². The Bertz CT molecular complexity index is 409. The topological polar surface area (TPSA) is 21.3 Å². The monoisotopic (exact) mass is 281 g/mol. The van der Waals surface area contributed by atoms with Crippen LogP contribution in [0.15, 0.2) is 24.3 Å². The van der Waals surface area contributed by atoms with Crippen molar-refractivity contribution in [3.05, 3.63) is 34.9 Å². The van der Waals surface area contributed by atoms with Crippen LogP contribution >= 0.6 is 11.6 Å². The first-order valence-electron chi connectivity index (χ1n) is 7.07. The number of rotatable bonds is 6. The van der Waals surface area contributed by atoms with Gasteiger partial charge in [-0.15, -0.1) is 0 Å². The molecule has 0 heterocycles. The minimum absolute atomic E-state index is 0.0357. The van der Waals surface area contributed by atoms with Gasteiger partial charge in [0.25, 0.3) is 0 Å². The average Bonchev–Trinajstić information content (AvgIpc) is 3.13. The van der Waals surface area contributed by atoms with Crippen LogP contribution < -0.4 is 5.32 Å². The second kappa shape index (κ2) is 6.25. The van der Waals surface area contributed by atoms with E-state index in [0.717, 1.165) is 29.7 Å². The standard InChI is InChI=1S/C16H24ClNO/c1-16(2,3)18-10-15(19-11-12-8-9-12)13-6-4-5-7-14(13)17/h4-7,12,15,18H,8-11H2,1-3H3. The summed E-state index contributed by atoms with van der Waals surface area (Å²) in [5.41, 5.74) is 1.17. The summed E-state index contributed by atoms with van der Waals surface area (Å²) in [5, 5.41) is 4.30. The highest BCUT2D eigenvalue weighted by molar-refractivity contribution is 6.31. The van der Waals surface area contributed by atoms with E-state index in [-0.39, 0.29) is 11.6 Å². The van der Waals surface area contributed by atoms with Crippen LogP contribution in [0.3, 0.4) is 0 Å². The zero-order valence-corrected chi connectivity index (χ0v) is 12.8. The van der Waals surface area contributed by atoms with Gasteiger partial charge in [0.1, 0.15) is 0 Å². The largest absolute Gasteiger partial charge is 0.372 e. The number of benzene rings is 1. The van der Waals surface area contributed by atoms with Crippen molar-refractivity contribution in [2.75, 3.05) is 13.2 Å². The zero-order chi connectivity index (χ0) is 13.9. The van der Waals surface area contributed by atoms with E-state index in [1.54, 1.807) is 0 Å². The van der Waals surface area contributed by atoms with E-state index in [9.17, 15) is 0 Å². The molecule has 1 fully saturated rings. The van der Waals surface area contributed by atoms with Gasteiger partial charge in [0.05, 0.1) is 12.7 Å². The van der Waals surface area contributed by atoms with Gasteiger partial charge in [0.2, 0.25) is 0 Å². The molecule has 1 aromatic carbocycles. The predicted octanol–water partition coefficient (Wildman–Crippen LogP) is 4.20. The van der Waals surface area contributed by atoms with Crippen LogP contribution in [0, 0.1) is 5.92 Å². The van der Waals surface area contributed by atoms with Crippen molar-refractivity contribution in [1.29, 1.82) is 0 Å². The Morgan fingerprint density at radius 1 is 1.32 bits per heavy atom. The highest BCUT2D eigenvalue weighted by Gasteiger charge is 2.25. The highest BCUT2D eigenvalue weighted by Crippen LogP contribution is 2.32. The lowest BCUT2D eigenvalue weighted by Gasteiger charge is -2.26. The molecule has 0 amide bonds. The summed E-state index contributed by atoms with van der Waals surface area (Å²) in [6.07, 6.45) is 2.65. The molecule has 106 valence electrons. The molecule has 0 aliphatic heterocycles. The molecule has 1 aromatic rings. The molecule has 1 unspecified atom stereocenters. The fraction of sp³-hybridized carbons (Fsp3) is 0.625. The van der Waals surface area contributed by atoms with E-state index < -0.39 is 0 Å². The van der Waals surface area contributed by atoms with Gasteiger partial charge in [-0.1, -0.05) is 29.8 Å². The molecule has 2 rings (SSSR count). The van der Waals surface area contributed by atoms with Crippen molar-refractivity contribution in [2.24, 2.45) is 5.92 Å². The molecule has 2 nitrogen and oxygen atoms in total. The molecule has 1 N–H and O–H groups in total. The summed E-state index contributed by atoms with van der Waals surface area (Å²) in [7, 11) is 0. The maximum atomic E-state index is 6.29. The van der Waals surface area contributed by atoms with Crippen molar-refractivity contribution < 1.29 is 4.74 Å². The maximum Gasteiger partial charge on any atom is 0.0963 e. The minimum atomic E-state index is 0.0357. The van der Waals surface area contributed by atoms with Crippen molar-refractivity contribution in [1.82, 2.24) is 5.32 Å². The summed E-state index contributed by atoms with van der Waals surface area (Å²) in [4.78, 5) is 0. The molecular formula is C16H24ClNO. The molecule has 0 spiro atoms. The van der Waals surface area contributed by atoms with Crippen LogP contribution in [-0.4, -0.2) is 18.7 Å². The lowest BCUT2D eigenvalue weighted by Crippen LogP contribution is -2.39. The van der Waals surface area contributed by atoms with E-state index in [0.29, 0.717) is 0 Å². The Labute approximate surface area is 121 Å². The van der Waals surface area contributed by atoms with Gasteiger partial charge in [-0.2, -0.15) is 0 Å². The van der Waals surface area contributed by atoms with Gasteiger partial charge >= 0.3 is 0 Å². The Morgan fingerprint density at radius 3 is 2.58 bits per heavy atom. The first kappa shape index (κ1) is 14.8. The molecular weight excluding hydrogens is 258 g/mol. The molecule has 1 saturated carbocycles. The number of ether oxygens (including phenoxy) is 1. The van der Waals surface area contributed by atoms with Gasteiger partial charge in [-0.05, 0) is 45.6 Å². The predicted molar refractivity (Wildman–Crippen MR) is 80.6 cm³/mol. The maximum absolute atomic E-state index is 6.29. The third-order valence-corrected chi connectivity index (χ3v) is 3.64. The lowest BCUT2D eigenvalue weighted by molar-refractivity contribution is 0.0413. The number of nitrogens with one attached hydrogen (secondary N) is 1. The molecule has 0 radical (unpaired) electrons. The van der Waals surface area contributed by atoms with Crippen molar-refractivity contribution in [3.8, 4) is 0 Å². The molecule has 0 bridgehead atoms. The Balaban J connectivity index is 2.01. The Morgan fingerprint density at radius 2 is 2.00 bits per heavy atom. The zero-order valence-electron chi connectivity index (χ0n) is 12.1. The van der Waals surface area contributed by atoms with E-state index in [4.69, 9.17) is 16.3 Å². The third-order valence-electron chi connectivity index (χ3n) is 3.30. The smallest absolute Gasteiger partial charge is 0.0963 e. The van der Waals surface area contributed by atoms with Gasteiger partial charge in [-0.3, -0.25) is 0 Å². The summed E-state index contributed by atoms with van der Waals surface area (Å²) in [5.74, 6) is 0.764. The van der Waals surface area contributed by atoms with Crippen molar-refractivity contribution >= 4 is 11.6 Å². The summed E-state index contributed by atoms with van der Waals surface area (Å²) >= 11 is 6.29. The van der Waals surface area contributed by atoms with Crippen LogP contribution in [0.5, 0.6) is 0 Å². The van der Waals surface area contributed by atoms with Crippen LogP contribution in [0.4, 0.5) is 0 Å². The quantitative estimate of drug-likeness (QED) is 0.844. The molecule has 1 aliphatic rings. The molecule has 0 saturated heterocycles. The molecule has 1 aliphatic carbocycles. The normalized spacial score (nSPS) is 17.5. The van der Waals surface area contributed by atoms with E-state index >= 15 is 0 Å². The molecule has 0 aromatic heterocycles. The van der Waals surface area contributed by atoms with Gasteiger partial charge < -0.3 is 10.1 Å². The average molecular weight is 282 g/mol. The van der Waals surface area contributed by atoms with Crippen LogP contribution in [0.2, 0.25) is 5.02 Å². The van der Waals surface area contributed by atoms with Crippen molar-refractivity contribution in [3.63, 3.8) is 0 Å². The van der Waals surface area contributed by atoms with Crippen molar-refractivity contribution in [2.45, 2.75) is 45.3 Å². The number of halogens is 1. The third kappa shape index (κ3) is 5.13. The number of hydrogen-bond acceptors (Lipinski definition) is 2. The Hall–Kier alpha value is -0.570. The second-order valence-corrected chi connectivity index (χ2v) is 6.82. The van der Waals surface area contributed by atoms with E-state index in [1.165, 1.54) is 12.8 Å². The first-order chi connectivity index (χ1) is 8.96. The van der Waals surface area contributed by atoms with Gasteiger partial charge in [-0.25, -0.2) is 0 Å². The minimum Gasteiger partial charge on any atom is -0.372 e. The number of hydrogen-bond donors (Lipinski definition) is 1. The molecule has 19 heavy (non-hydrogen) atoms. The molecule has 3 heteroatoms. The Kier molecular flexibility index (Phi) is 4.88. The molecule has 1 atom stereocenters. The fourth-order valence-electron chi connectivity index (χ4n) is 1.93. The van der Waals surface area contributed by atoms with Gasteiger partial charge in [0.15, 0.2) is 0 Å². The lowest BCUT2D eigenvalue weighted by atomic mass is 10.1. The summed E-state index contributed by atoms with van der Waals surface area (Å²) in [6, 6.07) is 7.97. The van der Waals surface area contributed by atoms with Crippen LogP contribution in [0.1, 0.15) is 45.3 Å². The fourth-order valence-corrected chi connectivity index (χ4v) is 2.19. The second-order valence-electron chi connectivity index (χ2n) is 6.42. The SMILES string of the molecule is CC(C)(C)NCC(OCC1CC1)c1ccccc1Cl. The van der Waals surface area contributed by atoms with E-state index in [2.05, 4.69) is 32.2 Å². The summed E-state index contributed by atoms with van der Waals surface area (Å²) < 4.78 is 6.08. The van der Waals surface area contributed by atoms with E-state index in [1.807, 2.05) is 18.2 Å². The summed E-state index contributed by atoms with van der Waals surface area (Å²) in [6.45, 7) is 8.13. The van der Waals surface area contributed by atoms with Gasteiger partial charge in [0, 0.05) is 22.7 Å². The van der Waals surface area contributed by atoms with Crippen LogP contribution in [-0.2, 0) is 4.74 Å². The highest BCUT2D eigenvalue weighted by atomic mass is 35.5.